The van der Waals surface area contributed by atoms with E-state index in [4.69, 9.17) is 18.9 Å². The van der Waals surface area contributed by atoms with Gasteiger partial charge in [-0.25, -0.2) is 19.2 Å². The molecule has 3 aliphatic carbocycles. The quantitative estimate of drug-likeness (QED) is 0.116. The first-order chi connectivity index (χ1) is 21.8. The van der Waals surface area contributed by atoms with Crippen LogP contribution in [-0.2, 0) is 28.5 Å². The fraction of sp³-hybridized carbons (Fsp3) is 0.778. The molecular formula is C36H58N2O8. The summed E-state index contributed by atoms with van der Waals surface area (Å²) < 4.78 is 21.5. The summed E-state index contributed by atoms with van der Waals surface area (Å²) in [5.74, 6) is -0.0184. The van der Waals surface area contributed by atoms with E-state index in [0.29, 0.717) is 25.0 Å². The molecule has 0 saturated heterocycles. The number of rotatable bonds is 14. The van der Waals surface area contributed by atoms with Crippen molar-refractivity contribution >= 4 is 24.1 Å². The molecule has 2 unspecified atom stereocenters. The lowest BCUT2D eigenvalue weighted by Crippen LogP contribution is -2.55. The van der Waals surface area contributed by atoms with Gasteiger partial charge in [0.05, 0.1) is 24.4 Å². The third-order valence-corrected chi connectivity index (χ3v) is 10.2. The van der Waals surface area contributed by atoms with Crippen LogP contribution in [-0.4, -0.2) is 61.6 Å². The number of alkyl carbamates (subject to hydrolysis) is 2. The smallest absolute Gasteiger partial charge is 0.407 e. The fourth-order valence-electron chi connectivity index (χ4n) is 7.03. The summed E-state index contributed by atoms with van der Waals surface area (Å²) in [5, 5.41) is 5.94. The number of carbonyl (C=O) groups excluding carboxylic acids is 4. The summed E-state index contributed by atoms with van der Waals surface area (Å²) in [6.45, 7) is 15.6. The number of ether oxygens (including phenoxy) is 4. The second-order valence-corrected chi connectivity index (χ2v) is 14.8. The van der Waals surface area contributed by atoms with Gasteiger partial charge in [0.1, 0.15) is 13.2 Å². The van der Waals surface area contributed by atoms with E-state index in [2.05, 4.69) is 23.8 Å². The maximum atomic E-state index is 12.7. The van der Waals surface area contributed by atoms with Crippen molar-refractivity contribution in [1.29, 1.82) is 0 Å². The molecule has 0 aliphatic heterocycles. The van der Waals surface area contributed by atoms with Gasteiger partial charge in [-0.3, -0.25) is 0 Å². The lowest BCUT2D eigenvalue weighted by molar-refractivity contribution is -0.142. The first kappa shape index (κ1) is 37.4. The van der Waals surface area contributed by atoms with E-state index in [1.54, 1.807) is 0 Å². The van der Waals surface area contributed by atoms with Crippen LogP contribution in [0.4, 0.5) is 9.59 Å². The minimum absolute atomic E-state index is 0.112. The van der Waals surface area contributed by atoms with Crippen LogP contribution in [0, 0.1) is 23.7 Å². The summed E-state index contributed by atoms with van der Waals surface area (Å²) in [5.41, 5.74) is -0.960. The Morgan fingerprint density at radius 1 is 0.565 bits per heavy atom. The molecule has 3 saturated carbocycles. The van der Waals surface area contributed by atoms with E-state index in [1.807, 2.05) is 27.7 Å². The molecule has 0 radical (unpaired) electrons. The number of nitrogens with one attached hydrogen (secondary N) is 2. The number of hydrogen-bond donors (Lipinski definition) is 2. The van der Waals surface area contributed by atoms with Gasteiger partial charge in [0.15, 0.2) is 0 Å². The first-order valence-electron chi connectivity index (χ1n) is 17.4. The molecule has 3 rings (SSSR count). The van der Waals surface area contributed by atoms with Crippen LogP contribution in [0.15, 0.2) is 24.3 Å². The summed E-state index contributed by atoms with van der Waals surface area (Å²) in [4.78, 5) is 50.1. The first-order valence-corrected chi connectivity index (χ1v) is 17.4. The van der Waals surface area contributed by atoms with Crippen molar-refractivity contribution in [2.24, 2.45) is 23.7 Å². The predicted octanol–water partition coefficient (Wildman–Crippen LogP) is 7.16. The van der Waals surface area contributed by atoms with E-state index >= 15 is 0 Å². The van der Waals surface area contributed by atoms with Crippen molar-refractivity contribution in [1.82, 2.24) is 10.6 Å². The number of hydrogen-bond acceptors (Lipinski definition) is 8. The zero-order valence-electron chi connectivity index (χ0n) is 28.7. The highest BCUT2D eigenvalue weighted by Gasteiger charge is 2.41. The molecule has 46 heavy (non-hydrogen) atoms. The van der Waals surface area contributed by atoms with Crippen molar-refractivity contribution in [3.63, 3.8) is 0 Å². The van der Waals surface area contributed by atoms with Gasteiger partial charge in [-0.15, -0.1) is 0 Å². The molecule has 0 heterocycles. The predicted molar refractivity (Wildman–Crippen MR) is 176 cm³/mol. The fourth-order valence-corrected chi connectivity index (χ4v) is 7.03. The van der Waals surface area contributed by atoms with Gasteiger partial charge >= 0.3 is 24.1 Å². The van der Waals surface area contributed by atoms with Crippen LogP contribution in [0.2, 0.25) is 0 Å². The van der Waals surface area contributed by atoms with E-state index in [-0.39, 0.29) is 36.2 Å². The molecule has 10 nitrogen and oxygen atoms in total. The largest absolute Gasteiger partial charge is 0.462 e. The highest BCUT2D eigenvalue weighted by molar-refractivity contribution is 5.89. The topological polar surface area (TPSA) is 129 Å². The Kier molecular flexibility index (Phi) is 14.4. The number of carbonyl (C=O) groups is 4. The SMILES string of the molecule is C=C(COC(=O)NC(C)(C)C1CCCC(C(C)(C)NC(=O)OCC(=C)C(=O)OCC2CCCCC2)C1)C(=O)OCC1CCCCC1. The zero-order chi connectivity index (χ0) is 33.7. The van der Waals surface area contributed by atoms with E-state index in [9.17, 15) is 19.2 Å². The van der Waals surface area contributed by atoms with Gasteiger partial charge in [-0.2, -0.15) is 0 Å². The molecule has 0 aromatic carbocycles. The monoisotopic (exact) mass is 646 g/mol. The molecule has 0 aromatic rings. The average Bonchev–Trinajstić information content (AvgIpc) is 3.04. The Morgan fingerprint density at radius 3 is 1.30 bits per heavy atom. The van der Waals surface area contributed by atoms with E-state index < -0.39 is 35.2 Å². The molecule has 2 atom stereocenters. The number of esters is 2. The van der Waals surface area contributed by atoms with Gasteiger partial charge in [0.25, 0.3) is 0 Å². The molecule has 260 valence electrons. The van der Waals surface area contributed by atoms with Crippen molar-refractivity contribution < 1.29 is 38.1 Å². The maximum absolute atomic E-state index is 12.7. The molecular weight excluding hydrogens is 588 g/mol. The molecule has 0 spiro atoms. The standard InChI is InChI=1S/C36H58N2O8/c1-25(31(39)43-23-27-14-9-7-10-15-27)21-45-33(41)37-35(3,4)29-18-13-19-30(20-29)36(5,6)38-34(42)46-22-26(2)32(40)44-24-28-16-11-8-12-17-28/h27-30H,1-2,7-24H2,3-6H3,(H,37,41)(H,38,42). The Morgan fingerprint density at radius 2 is 0.935 bits per heavy atom. The highest BCUT2D eigenvalue weighted by Crippen LogP contribution is 2.40. The second kappa shape index (κ2) is 17.8. The lowest BCUT2D eigenvalue weighted by atomic mass is 9.67. The van der Waals surface area contributed by atoms with Gasteiger partial charge in [0.2, 0.25) is 0 Å². The minimum Gasteiger partial charge on any atom is -0.462 e. The summed E-state index contributed by atoms with van der Waals surface area (Å²) in [6.07, 6.45) is 13.7. The summed E-state index contributed by atoms with van der Waals surface area (Å²) in [6, 6.07) is 0. The normalized spacial score (nSPS) is 21.4. The minimum atomic E-state index is -0.619. The van der Waals surface area contributed by atoms with Crippen LogP contribution in [0.5, 0.6) is 0 Å². The summed E-state index contributed by atoms with van der Waals surface area (Å²) >= 11 is 0. The van der Waals surface area contributed by atoms with Crippen LogP contribution >= 0.6 is 0 Å². The zero-order valence-corrected chi connectivity index (χ0v) is 28.7. The maximum Gasteiger partial charge on any atom is 0.407 e. The molecule has 3 fully saturated rings. The van der Waals surface area contributed by atoms with Crippen LogP contribution in [0.1, 0.15) is 118 Å². The van der Waals surface area contributed by atoms with Gasteiger partial charge in [0, 0.05) is 11.1 Å². The van der Waals surface area contributed by atoms with Crippen molar-refractivity contribution in [3.8, 4) is 0 Å². The second-order valence-electron chi connectivity index (χ2n) is 14.8. The van der Waals surface area contributed by atoms with Crippen LogP contribution in [0.3, 0.4) is 0 Å². The number of amides is 2. The molecule has 2 N–H and O–H groups in total. The van der Waals surface area contributed by atoms with Gasteiger partial charge in [-0.1, -0.05) is 58.1 Å². The molecule has 0 bridgehead atoms. The lowest BCUT2D eigenvalue weighted by Gasteiger charge is -2.45. The van der Waals surface area contributed by atoms with E-state index in [1.165, 1.54) is 38.5 Å². The third kappa shape index (κ3) is 12.3. The Labute approximate surface area is 275 Å². The molecule has 10 heteroatoms. The molecule has 0 aromatic heterocycles. The Hall–Kier alpha value is -3.04. The third-order valence-electron chi connectivity index (χ3n) is 10.2. The van der Waals surface area contributed by atoms with Crippen LogP contribution < -0.4 is 10.6 Å². The Bertz CT molecular complexity index is 990. The average molecular weight is 647 g/mol. The molecule has 3 aliphatic rings. The van der Waals surface area contributed by atoms with Crippen LogP contribution in [0.25, 0.3) is 0 Å². The van der Waals surface area contributed by atoms with E-state index in [0.717, 1.165) is 51.4 Å². The summed E-state index contributed by atoms with van der Waals surface area (Å²) in [7, 11) is 0. The van der Waals surface area contributed by atoms with Crippen molar-refractivity contribution in [3.05, 3.63) is 24.3 Å². The van der Waals surface area contributed by atoms with Gasteiger partial charge < -0.3 is 29.6 Å². The van der Waals surface area contributed by atoms with Crippen molar-refractivity contribution in [2.75, 3.05) is 26.4 Å². The van der Waals surface area contributed by atoms with Crippen molar-refractivity contribution in [2.45, 2.75) is 129 Å². The van der Waals surface area contributed by atoms with Gasteiger partial charge in [-0.05, 0) is 96.3 Å². The Balaban J connectivity index is 1.38. The highest BCUT2D eigenvalue weighted by atomic mass is 16.6. The molecule has 2 amide bonds.